The summed E-state index contributed by atoms with van der Waals surface area (Å²) in [7, 11) is 2.14. The molecule has 0 radical (unpaired) electrons. The van der Waals surface area contributed by atoms with Crippen molar-refractivity contribution < 1.29 is 4.79 Å². The molecule has 1 aliphatic carbocycles. The van der Waals surface area contributed by atoms with Gasteiger partial charge in [-0.25, -0.2) is 0 Å². The Kier molecular flexibility index (Phi) is 5.60. The SMILES string of the molecule is CC1CC(C)(C)N(C)c2ccc(/C=C(\C#N)C(=O)NC3CCCCC3)cc21. The van der Waals surface area contributed by atoms with E-state index in [0.717, 1.165) is 37.7 Å². The number of carbonyl (C=O) groups excluding carboxylic acids is 1. The fourth-order valence-electron chi connectivity index (χ4n) is 4.51. The molecular weight excluding hydrogens is 334 g/mol. The van der Waals surface area contributed by atoms with E-state index in [-0.39, 0.29) is 23.1 Å². The van der Waals surface area contributed by atoms with Crippen LogP contribution >= 0.6 is 0 Å². The van der Waals surface area contributed by atoms with Crippen molar-refractivity contribution in [3.05, 3.63) is 34.9 Å². The molecule has 4 nitrogen and oxygen atoms in total. The zero-order chi connectivity index (χ0) is 19.6. The molecule has 1 aromatic carbocycles. The average Bonchev–Trinajstić information content (AvgIpc) is 2.64. The van der Waals surface area contributed by atoms with Crippen LogP contribution in [0, 0.1) is 11.3 Å². The van der Waals surface area contributed by atoms with Crippen LogP contribution in [-0.4, -0.2) is 24.5 Å². The molecule has 1 aliphatic heterocycles. The van der Waals surface area contributed by atoms with Gasteiger partial charge in [0.1, 0.15) is 11.6 Å². The Hall–Kier alpha value is -2.28. The Labute approximate surface area is 163 Å². The molecule has 0 spiro atoms. The number of carbonyl (C=O) groups is 1. The Morgan fingerprint density at radius 2 is 2.00 bits per heavy atom. The summed E-state index contributed by atoms with van der Waals surface area (Å²) in [6.07, 6.45) is 8.39. The van der Waals surface area contributed by atoms with Crippen molar-refractivity contribution in [2.24, 2.45) is 0 Å². The van der Waals surface area contributed by atoms with Crippen LogP contribution in [0.3, 0.4) is 0 Å². The number of amides is 1. The third-order valence-corrected chi connectivity index (χ3v) is 6.27. The molecule has 1 fully saturated rings. The van der Waals surface area contributed by atoms with Crippen LogP contribution in [-0.2, 0) is 4.79 Å². The topological polar surface area (TPSA) is 56.1 Å². The molecule has 1 aromatic rings. The van der Waals surface area contributed by atoms with Crippen LogP contribution in [0.15, 0.2) is 23.8 Å². The fourth-order valence-corrected chi connectivity index (χ4v) is 4.51. The van der Waals surface area contributed by atoms with Crippen molar-refractivity contribution in [2.75, 3.05) is 11.9 Å². The highest BCUT2D eigenvalue weighted by molar-refractivity contribution is 6.01. The molecule has 1 atom stereocenters. The summed E-state index contributed by atoms with van der Waals surface area (Å²) in [5.74, 6) is 0.203. The van der Waals surface area contributed by atoms with E-state index >= 15 is 0 Å². The maximum absolute atomic E-state index is 12.5. The third kappa shape index (κ3) is 4.18. The van der Waals surface area contributed by atoms with E-state index in [2.05, 4.69) is 56.2 Å². The number of benzene rings is 1. The van der Waals surface area contributed by atoms with Crippen molar-refractivity contribution in [3.8, 4) is 6.07 Å². The van der Waals surface area contributed by atoms with Crippen LogP contribution in [0.1, 0.15) is 76.3 Å². The minimum absolute atomic E-state index is 0.126. The summed E-state index contributed by atoms with van der Waals surface area (Å²) < 4.78 is 0. The van der Waals surface area contributed by atoms with Crippen LogP contribution in [0.2, 0.25) is 0 Å². The smallest absolute Gasteiger partial charge is 0.262 e. The van der Waals surface area contributed by atoms with Gasteiger partial charge in [-0.15, -0.1) is 0 Å². The maximum Gasteiger partial charge on any atom is 0.262 e. The Bertz CT molecular complexity index is 781. The second kappa shape index (κ2) is 7.76. The number of nitriles is 1. The molecular formula is C23H31N3O. The molecule has 3 rings (SSSR count). The molecule has 1 N–H and O–H groups in total. The number of rotatable bonds is 3. The van der Waals surface area contributed by atoms with Crippen molar-refractivity contribution in [1.29, 1.82) is 5.26 Å². The van der Waals surface area contributed by atoms with E-state index in [9.17, 15) is 10.1 Å². The minimum atomic E-state index is -0.242. The van der Waals surface area contributed by atoms with Gasteiger partial charge in [0.25, 0.3) is 5.91 Å². The highest BCUT2D eigenvalue weighted by atomic mass is 16.1. The molecule has 1 saturated carbocycles. The van der Waals surface area contributed by atoms with Gasteiger partial charge in [-0.05, 0) is 68.4 Å². The fraction of sp³-hybridized carbons (Fsp3) is 0.565. The van der Waals surface area contributed by atoms with Gasteiger partial charge < -0.3 is 10.2 Å². The number of anilines is 1. The van der Waals surface area contributed by atoms with Gasteiger partial charge in [0.05, 0.1) is 0 Å². The highest BCUT2D eigenvalue weighted by Gasteiger charge is 2.34. The molecule has 2 aliphatic rings. The van der Waals surface area contributed by atoms with Gasteiger partial charge >= 0.3 is 0 Å². The Morgan fingerprint density at radius 3 is 2.67 bits per heavy atom. The number of nitrogens with one attached hydrogen (secondary N) is 1. The number of fused-ring (bicyclic) bond motifs is 1. The van der Waals surface area contributed by atoms with Crippen molar-refractivity contribution in [2.45, 2.75) is 76.8 Å². The predicted molar refractivity (Wildman–Crippen MR) is 111 cm³/mol. The number of hydrogen-bond acceptors (Lipinski definition) is 3. The molecule has 0 bridgehead atoms. The summed E-state index contributed by atoms with van der Waals surface area (Å²) in [6.45, 7) is 6.79. The molecule has 1 unspecified atom stereocenters. The first kappa shape index (κ1) is 19.5. The van der Waals surface area contributed by atoms with Gasteiger partial charge in [-0.3, -0.25) is 4.79 Å². The summed E-state index contributed by atoms with van der Waals surface area (Å²) in [4.78, 5) is 14.9. The first-order valence-corrected chi connectivity index (χ1v) is 10.1. The zero-order valence-electron chi connectivity index (χ0n) is 17.0. The van der Waals surface area contributed by atoms with Crippen molar-refractivity contribution in [3.63, 3.8) is 0 Å². The molecule has 144 valence electrons. The first-order valence-electron chi connectivity index (χ1n) is 10.1. The standard InChI is InChI=1S/C23H31N3O/c1-16-14-23(2,3)26(4)21-11-10-17(13-20(16)21)12-18(15-24)22(27)25-19-8-6-5-7-9-19/h10-13,16,19H,5-9,14H2,1-4H3,(H,25,27)/b18-12+. The van der Waals surface area contributed by atoms with Crippen molar-refractivity contribution in [1.82, 2.24) is 5.32 Å². The lowest BCUT2D eigenvalue weighted by Gasteiger charge is -2.45. The maximum atomic E-state index is 12.5. The van der Waals surface area contributed by atoms with Gasteiger partial charge in [-0.1, -0.05) is 32.3 Å². The molecule has 4 heteroatoms. The van der Waals surface area contributed by atoms with Crippen molar-refractivity contribution >= 4 is 17.7 Å². The largest absolute Gasteiger partial charge is 0.369 e. The van der Waals surface area contributed by atoms with Gasteiger partial charge in [0.2, 0.25) is 0 Å². The summed E-state index contributed by atoms with van der Waals surface area (Å²) in [5.41, 5.74) is 3.76. The summed E-state index contributed by atoms with van der Waals surface area (Å²) in [5, 5.41) is 12.5. The van der Waals surface area contributed by atoms with Gasteiger partial charge in [-0.2, -0.15) is 5.26 Å². The third-order valence-electron chi connectivity index (χ3n) is 6.27. The Morgan fingerprint density at radius 1 is 1.30 bits per heavy atom. The second-order valence-electron chi connectivity index (χ2n) is 8.77. The number of nitrogens with zero attached hydrogens (tertiary/aromatic N) is 2. The van der Waals surface area contributed by atoms with E-state index in [1.54, 1.807) is 6.08 Å². The van der Waals surface area contributed by atoms with Gasteiger partial charge in [0, 0.05) is 24.3 Å². The normalized spacial score (nSPS) is 22.7. The molecule has 0 saturated heterocycles. The molecule has 1 heterocycles. The lowest BCUT2D eigenvalue weighted by Crippen LogP contribution is -2.45. The monoisotopic (exact) mass is 365 g/mol. The minimum Gasteiger partial charge on any atom is -0.369 e. The van der Waals surface area contributed by atoms with E-state index in [0.29, 0.717) is 5.92 Å². The average molecular weight is 366 g/mol. The van der Waals surface area contributed by atoms with E-state index < -0.39 is 0 Å². The predicted octanol–water partition coefficient (Wildman–Crippen LogP) is 4.76. The van der Waals surface area contributed by atoms with Crippen LogP contribution in [0.25, 0.3) is 6.08 Å². The molecule has 1 amide bonds. The van der Waals surface area contributed by atoms with E-state index in [1.165, 1.54) is 17.7 Å². The number of hydrogen-bond donors (Lipinski definition) is 1. The highest BCUT2D eigenvalue weighted by Crippen LogP contribution is 2.42. The van der Waals surface area contributed by atoms with E-state index in [1.807, 2.05) is 6.07 Å². The van der Waals surface area contributed by atoms with Crippen LogP contribution in [0.5, 0.6) is 0 Å². The summed E-state index contributed by atoms with van der Waals surface area (Å²) >= 11 is 0. The zero-order valence-corrected chi connectivity index (χ0v) is 17.0. The molecule has 27 heavy (non-hydrogen) atoms. The Balaban J connectivity index is 1.82. The van der Waals surface area contributed by atoms with Crippen LogP contribution < -0.4 is 10.2 Å². The quantitative estimate of drug-likeness (QED) is 0.620. The molecule has 0 aromatic heterocycles. The van der Waals surface area contributed by atoms with Gasteiger partial charge in [0.15, 0.2) is 0 Å². The first-order chi connectivity index (χ1) is 12.8. The van der Waals surface area contributed by atoms with Crippen LogP contribution in [0.4, 0.5) is 5.69 Å². The lowest BCUT2D eigenvalue weighted by atomic mass is 9.80. The van der Waals surface area contributed by atoms with E-state index in [4.69, 9.17) is 0 Å². The summed E-state index contributed by atoms with van der Waals surface area (Å²) in [6, 6.07) is 8.56. The lowest BCUT2D eigenvalue weighted by molar-refractivity contribution is -0.117. The second-order valence-corrected chi connectivity index (χ2v) is 8.77.